The number of phenols is 1. The van der Waals surface area contributed by atoms with Gasteiger partial charge in [0.1, 0.15) is 0 Å². The molecule has 0 heterocycles. The van der Waals surface area contributed by atoms with Crippen molar-refractivity contribution in [3.8, 4) is 11.5 Å². The number of aryl methyl sites for hydroxylation is 1. The minimum atomic E-state index is 0.0567. The SMILES string of the molecule is CC[C@H](/C=C/C(=O)CCc1cc(C[C@H](CCCN=C(N)N)COC)c(O)c(OC2CCCC2)c1)CCO. The Labute approximate surface area is 222 Å². The Morgan fingerprint density at radius 1 is 1.24 bits per heavy atom. The quantitative estimate of drug-likeness (QED) is 0.0997. The number of carbonyl (C=O) groups is 1. The van der Waals surface area contributed by atoms with Crippen molar-refractivity contribution in [1.29, 1.82) is 0 Å². The first-order valence-corrected chi connectivity index (χ1v) is 13.7. The van der Waals surface area contributed by atoms with E-state index < -0.39 is 0 Å². The van der Waals surface area contributed by atoms with Crippen LogP contribution in [0.5, 0.6) is 11.5 Å². The summed E-state index contributed by atoms with van der Waals surface area (Å²) in [4.78, 5) is 16.6. The Bertz CT molecular complexity index is 877. The van der Waals surface area contributed by atoms with Gasteiger partial charge < -0.3 is 31.2 Å². The molecule has 0 aromatic heterocycles. The number of nitrogens with zero attached hydrogens (tertiary/aromatic N) is 1. The van der Waals surface area contributed by atoms with E-state index in [0.29, 0.717) is 44.6 Å². The number of ether oxygens (including phenoxy) is 2. The van der Waals surface area contributed by atoms with Crippen LogP contribution in [0.3, 0.4) is 0 Å². The normalized spacial score (nSPS) is 15.6. The standard InChI is InChI=1S/C29H47N3O5/c1-3-21(14-16-33)10-12-25(34)13-11-22-17-24(18-23(20-36-2)7-6-15-32-29(30)31)28(35)27(19-22)37-26-8-4-5-9-26/h10,12,17,19,21,23,26,33,35H,3-9,11,13-16,18,20H2,1-2H3,(H4,30,31,32)/b12-10+/t21-,23+/m1/s1. The van der Waals surface area contributed by atoms with Gasteiger partial charge in [0.25, 0.3) is 0 Å². The second-order valence-electron chi connectivity index (χ2n) is 10.1. The summed E-state index contributed by atoms with van der Waals surface area (Å²) in [5, 5.41) is 20.3. The van der Waals surface area contributed by atoms with Crippen LogP contribution in [0.4, 0.5) is 0 Å². The molecule has 0 amide bonds. The van der Waals surface area contributed by atoms with Gasteiger partial charge in [-0.1, -0.05) is 19.1 Å². The topological polar surface area (TPSA) is 140 Å². The van der Waals surface area contributed by atoms with Gasteiger partial charge in [-0.05, 0) is 99.3 Å². The molecule has 1 aromatic rings. The molecule has 8 nitrogen and oxygen atoms in total. The van der Waals surface area contributed by atoms with E-state index in [1.54, 1.807) is 13.2 Å². The molecule has 2 atom stereocenters. The van der Waals surface area contributed by atoms with Crippen LogP contribution in [-0.2, 0) is 22.4 Å². The Kier molecular flexibility index (Phi) is 14.1. The number of aromatic hydroxyl groups is 1. The molecule has 37 heavy (non-hydrogen) atoms. The lowest BCUT2D eigenvalue weighted by Gasteiger charge is -2.21. The molecule has 0 aliphatic heterocycles. The predicted molar refractivity (Wildman–Crippen MR) is 148 cm³/mol. The van der Waals surface area contributed by atoms with Crippen LogP contribution >= 0.6 is 0 Å². The van der Waals surface area contributed by atoms with Gasteiger partial charge in [0, 0.05) is 33.3 Å². The van der Waals surface area contributed by atoms with Crippen molar-refractivity contribution in [2.75, 3.05) is 26.9 Å². The van der Waals surface area contributed by atoms with Crippen molar-refractivity contribution in [2.45, 2.75) is 83.7 Å². The Hall–Kier alpha value is -2.58. The van der Waals surface area contributed by atoms with E-state index in [1.165, 1.54) is 0 Å². The average Bonchev–Trinajstić information content (AvgIpc) is 3.38. The summed E-state index contributed by atoms with van der Waals surface area (Å²) in [6, 6.07) is 3.88. The second-order valence-corrected chi connectivity index (χ2v) is 10.1. The highest BCUT2D eigenvalue weighted by molar-refractivity contribution is 5.89. The first kappa shape index (κ1) is 30.6. The lowest BCUT2D eigenvalue weighted by molar-refractivity contribution is -0.114. The number of aliphatic hydroxyl groups is 1. The number of guanidine groups is 1. The number of hydrogen-bond donors (Lipinski definition) is 4. The first-order valence-electron chi connectivity index (χ1n) is 13.7. The zero-order chi connectivity index (χ0) is 27.0. The number of carbonyl (C=O) groups excluding carboxylic acids is 1. The van der Waals surface area contributed by atoms with Crippen LogP contribution in [0.15, 0.2) is 29.3 Å². The summed E-state index contributed by atoms with van der Waals surface area (Å²) in [5.74, 6) is 1.23. The molecule has 1 aromatic carbocycles. The second kappa shape index (κ2) is 17.0. The highest BCUT2D eigenvalue weighted by atomic mass is 16.5. The molecule has 0 unspecified atom stereocenters. The van der Waals surface area contributed by atoms with E-state index in [1.807, 2.05) is 18.2 Å². The van der Waals surface area contributed by atoms with Crippen LogP contribution < -0.4 is 16.2 Å². The number of nitrogens with two attached hydrogens (primary N) is 2. The fraction of sp³-hybridized carbons (Fsp3) is 0.655. The van der Waals surface area contributed by atoms with E-state index in [4.69, 9.17) is 26.0 Å². The van der Waals surface area contributed by atoms with Gasteiger partial charge in [-0.15, -0.1) is 0 Å². The molecule has 0 saturated heterocycles. The summed E-state index contributed by atoms with van der Waals surface area (Å²) in [5.41, 5.74) is 12.7. The summed E-state index contributed by atoms with van der Waals surface area (Å²) >= 11 is 0. The number of hydrogen-bond acceptors (Lipinski definition) is 6. The molecule has 0 radical (unpaired) electrons. The van der Waals surface area contributed by atoms with E-state index in [9.17, 15) is 9.90 Å². The van der Waals surface area contributed by atoms with Gasteiger partial charge in [-0.2, -0.15) is 0 Å². The number of allylic oxidation sites excluding steroid dienone is 2. The molecule has 0 bridgehead atoms. The molecular weight excluding hydrogens is 470 g/mol. The number of methoxy groups -OCH3 is 1. The minimum absolute atomic E-state index is 0.0567. The molecule has 1 saturated carbocycles. The number of aliphatic hydroxyl groups excluding tert-OH is 1. The fourth-order valence-electron chi connectivity index (χ4n) is 4.88. The van der Waals surface area contributed by atoms with Crippen LogP contribution in [-0.4, -0.2) is 54.9 Å². The summed E-state index contributed by atoms with van der Waals surface area (Å²) in [6.07, 6.45) is 12.7. The maximum atomic E-state index is 12.5. The predicted octanol–water partition coefficient (Wildman–Crippen LogP) is 4.04. The van der Waals surface area contributed by atoms with Gasteiger partial charge in [0.05, 0.1) is 6.10 Å². The minimum Gasteiger partial charge on any atom is -0.504 e. The van der Waals surface area contributed by atoms with Gasteiger partial charge in [0.2, 0.25) is 0 Å². The third-order valence-corrected chi connectivity index (χ3v) is 7.02. The number of rotatable bonds is 18. The van der Waals surface area contributed by atoms with Crippen LogP contribution in [0.2, 0.25) is 0 Å². The summed E-state index contributed by atoms with van der Waals surface area (Å²) < 4.78 is 11.7. The molecular formula is C29H47N3O5. The molecule has 6 N–H and O–H groups in total. The zero-order valence-electron chi connectivity index (χ0n) is 22.7. The third-order valence-electron chi connectivity index (χ3n) is 7.02. The van der Waals surface area contributed by atoms with E-state index in [2.05, 4.69) is 11.9 Å². The zero-order valence-corrected chi connectivity index (χ0v) is 22.7. The maximum absolute atomic E-state index is 12.5. The van der Waals surface area contributed by atoms with Crippen molar-refractivity contribution in [3.63, 3.8) is 0 Å². The molecule has 8 heteroatoms. The van der Waals surface area contributed by atoms with Crippen LogP contribution in [0, 0.1) is 11.8 Å². The van der Waals surface area contributed by atoms with Gasteiger partial charge in [-0.3, -0.25) is 9.79 Å². The highest BCUT2D eigenvalue weighted by Crippen LogP contribution is 2.37. The molecule has 0 spiro atoms. The van der Waals surface area contributed by atoms with Crippen LogP contribution in [0.25, 0.3) is 0 Å². The number of aliphatic imine (C=N–C) groups is 1. The molecule has 1 aliphatic carbocycles. The van der Waals surface area contributed by atoms with E-state index in [-0.39, 0.29) is 42.0 Å². The van der Waals surface area contributed by atoms with Crippen molar-refractivity contribution in [3.05, 3.63) is 35.4 Å². The molecule has 1 fully saturated rings. The van der Waals surface area contributed by atoms with Crippen molar-refractivity contribution < 1.29 is 24.5 Å². The lowest BCUT2D eigenvalue weighted by Crippen LogP contribution is -2.23. The fourth-order valence-corrected chi connectivity index (χ4v) is 4.88. The number of ketones is 1. The smallest absolute Gasteiger partial charge is 0.185 e. The molecule has 1 aliphatic rings. The highest BCUT2D eigenvalue weighted by Gasteiger charge is 2.21. The number of phenolic OH excluding ortho intramolecular Hbond substituents is 1. The first-order chi connectivity index (χ1) is 17.9. The summed E-state index contributed by atoms with van der Waals surface area (Å²) in [6.45, 7) is 3.28. The molecule has 2 rings (SSSR count). The average molecular weight is 518 g/mol. The maximum Gasteiger partial charge on any atom is 0.185 e. The van der Waals surface area contributed by atoms with E-state index >= 15 is 0 Å². The van der Waals surface area contributed by atoms with E-state index in [0.717, 1.165) is 56.1 Å². The van der Waals surface area contributed by atoms with Gasteiger partial charge in [0.15, 0.2) is 23.2 Å². The van der Waals surface area contributed by atoms with Gasteiger partial charge >= 0.3 is 0 Å². The van der Waals surface area contributed by atoms with Crippen LogP contribution in [0.1, 0.15) is 75.8 Å². The number of benzene rings is 1. The summed E-state index contributed by atoms with van der Waals surface area (Å²) in [7, 11) is 1.68. The Morgan fingerprint density at radius 3 is 2.65 bits per heavy atom. The van der Waals surface area contributed by atoms with Gasteiger partial charge in [-0.25, -0.2) is 0 Å². The van der Waals surface area contributed by atoms with Crippen molar-refractivity contribution >= 4 is 11.7 Å². The largest absolute Gasteiger partial charge is 0.504 e. The lowest BCUT2D eigenvalue weighted by atomic mass is 9.92. The monoisotopic (exact) mass is 517 g/mol. The van der Waals surface area contributed by atoms with Crippen molar-refractivity contribution in [2.24, 2.45) is 28.3 Å². The Balaban J connectivity index is 2.16. The molecule has 208 valence electrons. The Morgan fingerprint density at radius 2 is 2.00 bits per heavy atom. The van der Waals surface area contributed by atoms with Crippen molar-refractivity contribution in [1.82, 2.24) is 0 Å². The third kappa shape index (κ3) is 11.6.